The van der Waals surface area contributed by atoms with E-state index in [0.717, 1.165) is 59.8 Å². The fourth-order valence-corrected chi connectivity index (χ4v) is 3.99. The Kier molecular flexibility index (Phi) is 5.48. The number of aryl methyl sites for hydroxylation is 3. The standard InChI is InChI=1S/C23H29N3O3/c1-15-5-7-18-17(3)22(29-21(18)13-15)23(27)24-14-19(20-8-6-16(2)28-20)26-11-9-25(4)10-12-26/h5-8,13,19H,9-12,14H2,1-4H3,(H,24,27)/t19-/m1/s1. The Hall–Kier alpha value is -2.57. The highest BCUT2D eigenvalue weighted by atomic mass is 16.3. The topological polar surface area (TPSA) is 61.9 Å². The molecule has 1 fully saturated rings. The molecule has 1 N–H and O–H groups in total. The van der Waals surface area contributed by atoms with Crippen LogP contribution in [0.25, 0.3) is 11.0 Å². The minimum Gasteiger partial charge on any atom is -0.465 e. The summed E-state index contributed by atoms with van der Waals surface area (Å²) in [4.78, 5) is 17.6. The zero-order chi connectivity index (χ0) is 20.5. The largest absolute Gasteiger partial charge is 0.465 e. The van der Waals surface area contributed by atoms with Crippen molar-refractivity contribution in [1.82, 2.24) is 15.1 Å². The van der Waals surface area contributed by atoms with Gasteiger partial charge in [0.1, 0.15) is 17.1 Å². The van der Waals surface area contributed by atoms with Crippen molar-refractivity contribution in [2.24, 2.45) is 0 Å². The predicted octanol–water partition coefficient (Wildman–Crippen LogP) is 3.67. The first kappa shape index (κ1) is 19.7. The summed E-state index contributed by atoms with van der Waals surface area (Å²) in [5.41, 5.74) is 2.74. The maximum atomic E-state index is 12.9. The second kappa shape index (κ2) is 8.05. The molecule has 1 atom stereocenters. The average molecular weight is 396 g/mol. The van der Waals surface area contributed by atoms with Crippen LogP contribution in [0.3, 0.4) is 0 Å². The predicted molar refractivity (Wildman–Crippen MR) is 113 cm³/mol. The molecule has 0 bridgehead atoms. The lowest BCUT2D eigenvalue weighted by molar-refractivity contribution is 0.0831. The summed E-state index contributed by atoms with van der Waals surface area (Å²) in [6.07, 6.45) is 0. The highest BCUT2D eigenvalue weighted by molar-refractivity contribution is 5.99. The summed E-state index contributed by atoms with van der Waals surface area (Å²) in [5, 5.41) is 4.07. The Morgan fingerprint density at radius 3 is 2.52 bits per heavy atom. The van der Waals surface area contributed by atoms with E-state index in [1.54, 1.807) is 0 Å². The molecule has 1 aliphatic rings. The van der Waals surface area contributed by atoms with E-state index in [4.69, 9.17) is 8.83 Å². The molecule has 3 aromatic rings. The number of likely N-dealkylation sites (N-methyl/N-ethyl adjacent to an activating group) is 1. The summed E-state index contributed by atoms with van der Waals surface area (Å²) >= 11 is 0. The molecule has 6 nitrogen and oxygen atoms in total. The molecule has 154 valence electrons. The number of nitrogens with one attached hydrogen (secondary N) is 1. The van der Waals surface area contributed by atoms with Crippen LogP contribution < -0.4 is 5.32 Å². The van der Waals surface area contributed by atoms with Crippen LogP contribution >= 0.6 is 0 Å². The Balaban J connectivity index is 1.52. The third-order valence-electron chi connectivity index (χ3n) is 5.82. The number of nitrogens with zero attached hydrogens (tertiary/aromatic N) is 2. The van der Waals surface area contributed by atoms with Crippen LogP contribution in [0.2, 0.25) is 0 Å². The van der Waals surface area contributed by atoms with Gasteiger partial charge in [0.15, 0.2) is 5.76 Å². The summed E-state index contributed by atoms with van der Waals surface area (Å²) in [5.74, 6) is 1.98. The highest BCUT2D eigenvalue weighted by Gasteiger charge is 2.27. The van der Waals surface area contributed by atoms with Gasteiger partial charge in [-0.1, -0.05) is 12.1 Å². The number of carbonyl (C=O) groups is 1. The van der Waals surface area contributed by atoms with Gasteiger partial charge in [0, 0.05) is 43.7 Å². The van der Waals surface area contributed by atoms with E-state index in [1.165, 1.54) is 0 Å². The van der Waals surface area contributed by atoms with E-state index in [1.807, 2.05) is 51.1 Å². The molecule has 0 radical (unpaired) electrons. The van der Waals surface area contributed by atoms with Crippen molar-refractivity contribution >= 4 is 16.9 Å². The molecular formula is C23H29N3O3. The molecule has 1 aromatic carbocycles. The highest BCUT2D eigenvalue weighted by Crippen LogP contribution is 2.27. The van der Waals surface area contributed by atoms with Gasteiger partial charge in [-0.2, -0.15) is 0 Å². The third-order valence-corrected chi connectivity index (χ3v) is 5.82. The lowest BCUT2D eigenvalue weighted by Crippen LogP contribution is -2.48. The van der Waals surface area contributed by atoms with Gasteiger partial charge in [0.25, 0.3) is 5.91 Å². The summed E-state index contributed by atoms with van der Waals surface area (Å²) < 4.78 is 11.8. The van der Waals surface area contributed by atoms with Crippen molar-refractivity contribution in [2.45, 2.75) is 26.8 Å². The number of fused-ring (bicyclic) bond motifs is 1. The van der Waals surface area contributed by atoms with Crippen LogP contribution in [-0.2, 0) is 0 Å². The van der Waals surface area contributed by atoms with Crippen LogP contribution in [0.5, 0.6) is 0 Å². The second-order valence-electron chi connectivity index (χ2n) is 8.07. The van der Waals surface area contributed by atoms with Crippen LogP contribution in [0, 0.1) is 20.8 Å². The van der Waals surface area contributed by atoms with Gasteiger partial charge in [0.05, 0.1) is 6.04 Å². The Morgan fingerprint density at radius 2 is 1.83 bits per heavy atom. The number of carbonyl (C=O) groups excluding carboxylic acids is 1. The van der Waals surface area contributed by atoms with Crippen LogP contribution in [0.15, 0.2) is 39.2 Å². The van der Waals surface area contributed by atoms with Crippen LogP contribution in [0.4, 0.5) is 0 Å². The molecule has 0 spiro atoms. The summed E-state index contributed by atoms with van der Waals surface area (Å²) in [7, 11) is 2.14. The normalized spacial score (nSPS) is 17.0. The molecule has 3 heterocycles. The Morgan fingerprint density at radius 1 is 1.07 bits per heavy atom. The van der Waals surface area contributed by atoms with E-state index in [2.05, 4.69) is 22.2 Å². The molecule has 1 aliphatic heterocycles. The van der Waals surface area contributed by atoms with Crippen molar-refractivity contribution in [2.75, 3.05) is 39.8 Å². The van der Waals surface area contributed by atoms with E-state index in [-0.39, 0.29) is 11.9 Å². The van der Waals surface area contributed by atoms with Crippen molar-refractivity contribution < 1.29 is 13.6 Å². The Bertz CT molecular complexity index is 1010. The van der Waals surface area contributed by atoms with Crippen molar-refractivity contribution in [3.05, 3.63) is 58.7 Å². The SMILES string of the molecule is Cc1ccc2c(C)c(C(=O)NC[C@H](c3ccc(C)o3)N3CCN(C)CC3)oc2c1. The maximum absolute atomic E-state index is 12.9. The van der Waals surface area contributed by atoms with Gasteiger partial charge in [0.2, 0.25) is 0 Å². The number of benzene rings is 1. The number of piperazine rings is 1. The van der Waals surface area contributed by atoms with E-state index >= 15 is 0 Å². The molecule has 2 aromatic heterocycles. The number of rotatable bonds is 5. The maximum Gasteiger partial charge on any atom is 0.287 e. The number of hydrogen-bond acceptors (Lipinski definition) is 5. The zero-order valence-corrected chi connectivity index (χ0v) is 17.6. The molecule has 0 saturated carbocycles. The zero-order valence-electron chi connectivity index (χ0n) is 17.6. The molecule has 0 unspecified atom stereocenters. The van der Waals surface area contributed by atoms with E-state index < -0.39 is 0 Å². The summed E-state index contributed by atoms with van der Waals surface area (Å²) in [6.45, 7) is 10.3. The van der Waals surface area contributed by atoms with Gasteiger partial charge < -0.3 is 19.1 Å². The number of hydrogen-bond donors (Lipinski definition) is 1. The quantitative estimate of drug-likeness (QED) is 0.714. The smallest absolute Gasteiger partial charge is 0.287 e. The first-order valence-electron chi connectivity index (χ1n) is 10.2. The van der Waals surface area contributed by atoms with Crippen molar-refractivity contribution in [3.63, 3.8) is 0 Å². The van der Waals surface area contributed by atoms with Gasteiger partial charge in [-0.05, 0) is 51.6 Å². The third kappa shape index (κ3) is 4.09. The number of amides is 1. The van der Waals surface area contributed by atoms with Gasteiger partial charge in [-0.15, -0.1) is 0 Å². The lowest BCUT2D eigenvalue weighted by Gasteiger charge is -2.37. The van der Waals surface area contributed by atoms with Crippen LogP contribution in [0.1, 0.15) is 39.2 Å². The number of furan rings is 2. The van der Waals surface area contributed by atoms with E-state index in [0.29, 0.717) is 12.3 Å². The molecule has 29 heavy (non-hydrogen) atoms. The molecular weight excluding hydrogens is 366 g/mol. The molecule has 6 heteroatoms. The van der Waals surface area contributed by atoms with E-state index in [9.17, 15) is 4.79 Å². The monoisotopic (exact) mass is 395 g/mol. The minimum absolute atomic E-state index is 0.00767. The first-order chi connectivity index (χ1) is 13.9. The molecule has 0 aliphatic carbocycles. The second-order valence-corrected chi connectivity index (χ2v) is 8.07. The molecule has 1 amide bonds. The molecule has 1 saturated heterocycles. The first-order valence-corrected chi connectivity index (χ1v) is 10.2. The lowest BCUT2D eigenvalue weighted by atomic mass is 10.1. The summed E-state index contributed by atoms with van der Waals surface area (Å²) in [6, 6.07) is 10.0. The fourth-order valence-electron chi connectivity index (χ4n) is 3.99. The van der Waals surface area contributed by atoms with Gasteiger partial charge in [-0.3, -0.25) is 9.69 Å². The van der Waals surface area contributed by atoms with Gasteiger partial charge in [-0.25, -0.2) is 0 Å². The minimum atomic E-state index is -0.182. The Labute approximate surface area is 171 Å². The van der Waals surface area contributed by atoms with Crippen molar-refractivity contribution in [1.29, 1.82) is 0 Å². The molecule has 4 rings (SSSR count). The average Bonchev–Trinajstić information content (AvgIpc) is 3.26. The fraction of sp³-hybridized carbons (Fsp3) is 0.435. The van der Waals surface area contributed by atoms with Crippen LogP contribution in [-0.4, -0.2) is 55.5 Å². The van der Waals surface area contributed by atoms with Crippen molar-refractivity contribution in [3.8, 4) is 0 Å². The van der Waals surface area contributed by atoms with Gasteiger partial charge >= 0.3 is 0 Å².